The number of aromatic amines is 1. The Labute approximate surface area is 117 Å². The summed E-state index contributed by atoms with van der Waals surface area (Å²) < 4.78 is 27.2. The molecule has 7 nitrogen and oxygen atoms in total. The average molecular weight is 298 g/mol. The first-order chi connectivity index (χ1) is 9.47. The van der Waals surface area contributed by atoms with Crippen molar-refractivity contribution in [3.05, 3.63) is 35.3 Å². The lowest BCUT2D eigenvalue weighted by Gasteiger charge is -2.02. The SMILES string of the molecule is Cc1[nH]ncc1CCCNCc1ccc(S(N)(=O)=O)o1. The van der Waals surface area contributed by atoms with E-state index in [2.05, 4.69) is 15.5 Å². The van der Waals surface area contributed by atoms with Crippen LogP contribution in [0.1, 0.15) is 23.4 Å². The van der Waals surface area contributed by atoms with Crippen molar-refractivity contribution in [1.29, 1.82) is 0 Å². The Balaban J connectivity index is 1.71. The number of nitrogens with zero attached hydrogens (tertiary/aromatic N) is 1. The predicted octanol–water partition coefficient (Wildman–Crippen LogP) is 0.681. The predicted molar refractivity (Wildman–Crippen MR) is 73.4 cm³/mol. The molecule has 4 N–H and O–H groups in total. The molecule has 20 heavy (non-hydrogen) atoms. The Kier molecular flexibility index (Phi) is 4.58. The zero-order valence-corrected chi connectivity index (χ0v) is 12.0. The lowest BCUT2D eigenvalue weighted by Crippen LogP contribution is -2.15. The molecule has 0 saturated heterocycles. The quantitative estimate of drug-likeness (QED) is 0.650. The molecule has 0 saturated carbocycles. The Morgan fingerprint density at radius 1 is 1.45 bits per heavy atom. The summed E-state index contributed by atoms with van der Waals surface area (Å²) in [7, 11) is -3.76. The van der Waals surface area contributed by atoms with Crippen LogP contribution in [0.25, 0.3) is 0 Å². The maximum Gasteiger partial charge on any atom is 0.271 e. The van der Waals surface area contributed by atoms with Crippen LogP contribution in [0, 0.1) is 6.92 Å². The summed E-state index contributed by atoms with van der Waals surface area (Å²) in [4.78, 5) is 0. The van der Waals surface area contributed by atoms with Crippen molar-refractivity contribution in [1.82, 2.24) is 15.5 Å². The van der Waals surface area contributed by atoms with Crippen LogP contribution >= 0.6 is 0 Å². The normalized spacial score (nSPS) is 11.9. The number of hydrogen-bond donors (Lipinski definition) is 3. The van der Waals surface area contributed by atoms with Crippen LogP contribution in [0.15, 0.2) is 27.8 Å². The molecule has 0 atom stereocenters. The maximum absolute atomic E-state index is 11.0. The first-order valence-corrected chi connectivity index (χ1v) is 7.82. The molecule has 0 spiro atoms. The van der Waals surface area contributed by atoms with Gasteiger partial charge in [-0.15, -0.1) is 0 Å². The molecule has 0 radical (unpaired) electrons. The van der Waals surface area contributed by atoms with Gasteiger partial charge in [-0.2, -0.15) is 5.10 Å². The number of rotatable bonds is 7. The van der Waals surface area contributed by atoms with Crippen molar-refractivity contribution in [2.24, 2.45) is 5.14 Å². The van der Waals surface area contributed by atoms with Gasteiger partial charge in [0, 0.05) is 5.69 Å². The molecule has 2 aromatic heterocycles. The highest BCUT2D eigenvalue weighted by Gasteiger charge is 2.12. The lowest BCUT2D eigenvalue weighted by atomic mass is 10.1. The third-order valence-electron chi connectivity index (χ3n) is 2.95. The first kappa shape index (κ1) is 14.8. The van der Waals surface area contributed by atoms with Crippen molar-refractivity contribution in [2.45, 2.75) is 31.4 Å². The molecule has 0 aliphatic rings. The molecule has 0 aliphatic heterocycles. The fourth-order valence-electron chi connectivity index (χ4n) is 1.85. The second-order valence-corrected chi connectivity index (χ2v) is 6.06. The van der Waals surface area contributed by atoms with E-state index >= 15 is 0 Å². The lowest BCUT2D eigenvalue weighted by molar-refractivity contribution is 0.402. The fraction of sp³-hybridized carbons (Fsp3) is 0.417. The van der Waals surface area contributed by atoms with Crippen molar-refractivity contribution >= 4 is 10.0 Å². The number of H-pyrrole nitrogens is 1. The Morgan fingerprint density at radius 3 is 2.85 bits per heavy atom. The Morgan fingerprint density at radius 2 is 2.25 bits per heavy atom. The van der Waals surface area contributed by atoms with Crippen LogP contribution in [0.4, 0.5) is 0 Å². The van der Waals surface area contributed by atoms with Gasteiger partial charge < -0.3 is 9.73 Å². The molecule has 110 valence electrons. The van der Waals surface area contributed by atoms with Crippen LogP contribution in [0.2, 0.25) is 0 Å². The molecule has 0 unspecified atom stereocenters. The van der Waals surface area contributed by atoms with E-state index in [1.54, 1.807) is 6.07 Å². The molecule has 0 aliphatic carbocycles. The fourth-order valence-corrected chi connectivity index (χ4v) is 2.33. The number of primary sulfonamides is 1. The smallest absolute Gasteiger partial charge is 0.271 e. The summed E-state index contributed by atoms with van der Waals surface area (Å²) in [6.07, 6.45) is 3.74. The third-order valence-corrected chi connectivity index (χ3v) is 3.73. The standard InChI is InChI=1S/C12H18N4O3S/c1-9-10(7-15-16-9)3-2-6-14-8-11-4-5-12(19-11)20(13,17)18/h4-5,7,14H,2-3,6,8H2,1H3,(H,15,16)(H2,13,17,18). The van der Waals surface area contributed by atoms with Crippen LogP contribution in [0.5, 0.6) is 0 Å². The molecule has 8 heteroatoms. The van der Waals surface area contributed by atoms with Crippen LogP contribution in [-0.2, 0) is 23.0 Å². The number of nitrogens with one attached hydrogen (secondary N) is 2. The number of aromatic nitrogens is 2. The molecule has 2 rings (SSSR count). The van der Waals surface area contributed by atoms with Gasteiger partial charge in [0.2, 0.25) is 5.09 Å². The van der Waals surface area contributed by atoms with Gasteiger partial charge in [0.25, 0.3) is 10.0 Å². The molecule has 2 aromatic rings. The molecular weight excluding hydrogens is 280 g/mol. The van der Waals surface area contributed by atoms with Crippen molar-refractivity contribution in [3.63, 3.8) is 0 Å². The zero-order chi connectivity index (χ0) is 14.6. The number of nitrogens with two attached hydrogens (primary N) is 1. The topological polar surface area (TPSA) is 114 Å². The van der Waals surface area contributed by atoms with Crippen LogP contribution in [0.3, 0.4) is 0 Å². The number of furan rings is 1. The molecule has 0 aromatic carbocycles. The summed E-state index contributed by atoms with van der Waals surface area (Å²) >= 11 is 0. The minimum atomic E-state index is -3.76. The summed E-state index contributed by atoms with van der Waals surface area (Å²) in [6, 6.07) is 2.97. The maximum atomic E-state index is 11.0. The summed E-state index contributed by atoms with van der Waals surface area (Å²) in [6.45, 7) is 3.27. The summed E-state index contributed by atoms with van der Waals surface area (Å²) in [5, 5.41) is 14.8. The Bertz CT molecular complexity index is 660. The van der Waals surface area contributed by atoms with Crippen molar-refractivity contribution in [2.75, 3.05) is 6.54 Å². The minimum absolute atomic E-state index is 0.205. The van der Waals surface area contributed by atoms with Gasteiger partial charge >= 0.3 is 0 Å². The summed E-state index contributed by atoms with van der Waals surface area (Å²) in [5.41, 5.74) is 2.30. The molecule has 0 amide bonds. The van der Waals surface area contributed by atoms with E-state index in [0.717, 1.165) is 25.1 Å². The van der Waals surface area contributed by atoms with Crippen LogP contribution in [-0.4, -0.2) is 25.2 Å². The van der Waals surface area contributed by atoms with Gasteiger partial charge in [-0.3, -0.25) is 5.10 Å². The third kappa shape index (κ3) is 3.92. The van der Waals surface area contributed by atoms with Gasteiger partial charge in [-0.25, -0.2) is 13.6 Å². The van der Waals surface area contributed by atoms with E-state index in [9.17, 15) is 8.42 Å². The molecule has 0 bridgehead atoms. The van der Waals surface area contributed by atoms with E-state index in [-0.39, 0.29) is 5.09 Å². The Hall–Kier alpha value is -1.64. The highest BCUT2D eigenvalue weighted by Crippen LogP contribution is 2.11. The average Bonchev–Trinajstić information content (AvgIpc) is 2.98. The van der Waals surface area contributed by atoms with E-state index in [0.29, 0.717) is 12.3 Å². The molecule has 2 heterocycles. The van der Waals surface area contributed by atoms with Crippen LogP contribution < -0.4 is 10.5 Å². The second-order valence-electron chi connectivity index (χ2n) is 4.57. The second kappa shape index (κ2) is 6.21. The van der Waals surface area contributed by atoms with E-state index < -0.39 is 10.0 Å². The number of hydrogen-bond acceptors (Lipinski definition) is 5. The van der Waals surface area contributed by atoms with Crippen molar-refractivity contribution in [3.8, 4) is 0 Å². The monoisotopic (exact) mass is 298 g/mol. The molecular formula is C12H18N4O3S. The largest absolute Gasteiger partial charge is 0.447 e. The van der Waals surface area contributed by atoms with Gasteiger partial charge in [-0.1, -0.05) is 0 Å². The number of aryl methyl sites for hydroxylation is 2. The van der Waals surface area contributed by atoms with Crippen molar-refractivity contribution < 1.29 is 12.8 Å². The first-order valence-electron chi connectivity index (χ1n) is 6.28. The van der Waals surface area contributed by atoms with E-state index in [1.807, 2.05) is 13.1 Å². The van der Waals surface area contributed by atoms with Gasteiger partial charge in [0.1, 0.15) is 5.76 Å². The summed E-state index contributed by atoms with van der Waals surface area (Å²) in [5.74, 6) is 0.550. The molecule has 0 fully saturated rings. The minimum Gasteiger partial charge on any atom is -0.447 e. The van der Waals surface area contributed by atoms with E-state index in [4.69, 9.17) is 9.56 Å². The highest BCUT2D eigenvalue weighted by molar-refractivity contribution is 7.89. The van der Waals surface area contributed by atoms with Gasteiger partial charge in [0.15, 0.2) is 0 Å². The van der Waals surface area contributed by atoms with Gasteiger partial charge in [-0.05, 0) is 44.0 Å². The number of sulfonamides is 1. The highest BCUT2D eigenvalue weighted by atomic mass is 32.2. The van der Waals surface area contributed by atoms with E-state index in [1.165, 1.54) is 11.6 Å². The van der Waals surface area contributed by atoms with Gasteiger partial charge in [0.05, 0.1) is 12.7 Å². The zero-order valence-electron chi connectivity index (χ0n) is 11.2.